The van der Waals surface area contributed by atoms with Crippen LogP contribution < -0.4 is 0 Å². The Labute approximate surface area is 145 Å². The van der Waals surface area contributed by atoms with Crippen LogP contribution in [0.25, 0.3) is 0 Å². The third-order valence-corrected chi connectivity index (χ3v) is 5.91. The zero-order valence-electron chi connectivity index (χ0n) is 15.5. The van der Waals surface area contributed by atoms with Crippen LogP contribution in [-0.4, -0.2) is 56.0 Å². The van der Waals surface area contributed by atoms with Crippen LogP contribution in [0.2, 0.25) is 0 Å². The first-order valence-electron chi connectivity index (χ1n) is 8.27. The highest BCUT2D eigenvalue weighted by atomic mass is 32.2. The third kappa shape index (κ3) is 3.98. The van der Waals surface area contributed by atoms with Crippen LogP contribution in [-0.2, 0) is 15.4 Å². The standard InChI is InChI=1S/C18H28N2O3S/c1-13-11-15(18(3,4)5)12-14(2)16(13)17(21)19-7-9-20(10-8-19)24(6,22)23/h11-12H,7-10H2,1-6H3. The Morgan fingerprint density at radius 2 is 1.46 bits per heavy atom. The number of amides is 1. The second-order valence-electron chi connectivity index (χ2n) is 7.69. The lowest BCUT2D eigenvalue weighted by Crippen LogP contribution is -2.50. The van der Waals surface area contributed by atoms with Crippen molar-refractivity contribution in [3.05, 3.63) is 34.4 Å². The second-order valence-corrected chi connectivity index (χ2v) is 9.67. The molecule has 0 radical (unpaired) electrons. The van der Waals surface area contributed by atoms with Gasteiger partial charge in [0.2, 0.25) is 10.0 Å². The topological polar surface area (TPSA) is 57.7 Å². The van der Waals surface area contributed by atoms with Crippen molar-refractivity contribution < 1.29 is 13.2 Å². The van der Waals surface area contributed by atoms with Gasteiger partial charge in [-0.3, -0.25) is 4.79 Å². The molecular weight excluding hydrogens is 324 g/mol. The van der Waals surface area contributed by atoms with Crippen LogP contribution in [0.1, 0.15) is 47.8 Å². The Kier molecular flexibility index (Phi) is 5.11. The molecule has 1 aromatic rings. The van der Waals surface area contributed by atoms with Crippen molar-refractivity contribution in [1.29, 1.82) is 0 Å². The summed E-state index contributed by atoms with van der Waals surface area (Å²) in [6.07, 6.45) is 1.21. The number of benzene rings is 1. The summed E-state index contributed by atoms with van der Waals surface area (Å²) >= 11 is 0. The molecular formula is C18H28N2O3S. The van der Waals surface area contributed by atoms with E-state index in [4.69, 9.17) is 0 Å². The fraction of sp³-hybridized carbons (Fsp3) is 0.611. The molecule has 24 heavy (non-hydrogen) atoms. The Morgan fingerprint density at radius 1 is 1.00 bits per heavy atom. The van der Waals surface area contributed by atoms with Gasteiger partial charge >= 0.3 is 0 Å². The van der Waals surface area contributed by atoms with Gasteiger partial charge in [-0.05, 0) is 36.0 Å². The predicted molar refractivity (Wildman–Crippen MR) is 96.9 cm³/mol. The highest BCUT2D eigenvalue weighted by Crippen LogP contribution is 2.27. The Balaban J connectivity index is 2.23. The molecule has 1 amide bonds. The molecule has 1 fully saturated rings. The monoisotopic (exact) mass is 352 g/mol. The number of sulfonamides is 1. The molecule has 0 bridgehead atoms. The molecule has 1 aliphatic heterocycles. The zero-order valence-corrected chi connectivity index (χ0v) is 16.3. The van der Waals surface area contributed by atoms with Crippen LogP contribution in [0.4, 0.5) is 0 Å². The number of carbonyl (C=O) groups is 1. The van der Waals surface area contributed by atoms with Gasteiger partial charge in [-0.15, -0.1) is 0 Å². The van der Waals surface area contributed by atoms with E-state index in [1.54, 1.807) is 4.90 Å². The molecule has 0 unspecified atom stereocenters. The van der Waals surface area contributed by atoms with Gasteiger partial charge in [0, 0.05) is 31.7 Å². The van der Waals surface area contributed by atoms with Crippen LogP contribution in [0.3, 0.4) is 0 Å². The van der Waals surface area contributed by atoms with E-state index >= 15 is 0 Å². The van der Waals surface area contributed by atoms with Gasteiger partial charge in [-0.2, -0.15) is 4.31 Å². The quantitative estimate of drug-likeness (QED) is 0.821. The summed E-state index contributed by atoms with van der Waals surface area (Å²) < 4.78 is 24.6. The van der Waals surface area contributed by atoms with Gasteiger partial charge in [-0.1, -0.05) is 32.9 Å². The highest BCUT2D eigenvalue weighted by Gasteiger charge is 2.28. The third-order valence-electron chi connectivity index (χ3n) is 4.61. The largest absolute Gasteiger partial charge is 0.336 e. The molecule has 0 saturated carbocycles. The summed E-state index contributed by atoms with van der Waals surface area (Å²) in [4.78, 5) is 14.7. The SMILES string of the molecule is Cc1cc(C(C)(C)C)cc(C)c1C(=O)N1CCN(S(C)(=O)=O)CC1. The maximum atomic E-state index is 12.9. The number of hydrogen-bond donors (Lipinski definition) is 0. The molecule has 0 aromatic heterocycles. The minimum Gasteiger partial charge on any atom is -0.336 e. The number of aryl methyl sites for hydroxylation is 2. The van der Waals surface area contributed by atoms with Crippen LogP contribution in [0, 0.1) is 13.8 Å². The number of hydrogen-bond acceptors (Lipinski definition) is 3. The summed E-state index contributed by atoms with van der Waals surface area (Å²) in [7, 11) is -3.18. The fourth-order valence-corrected chi connectivity index (χ4v) is 3.94. The van der Waals surface area contributed by atoms with E-state index in [0.29, 0.717) is 26.2 Å². The van der Waals surface area contributed by atoms with Crippen molar-refractivity contribution in [2.45, 2.75) is 40.0 Å². The molecule has 0 spiro atoms. The predicted octanol–water partition coefficient (Wildman–Crippen LogP) is 2.32. The Bertz CT molecular complexity index is 717. The van der Waals surface area contributed by atoms with Crippen molar-refractivity contribution in [2.24, 2.45) is 0 Å². The van der Waals surface area contributed by atoms with Gasteiger partial charge in [0.1, 0.15) is 0 Å². The maximum Gasteiger partial charge on any atom is 0.254 e. The van der Waals surface area contributed by atoms with E-state index in [2.05, 4.69) is 32.9 Å². The van der Waals surface area contributed by atoms with E-state index in [-0.39, 0.29) is 11.3 Å². The van der Waals surface area contributed by atoms with E-state index in [1.165, 1.54) is 16.1 Å². The second kappa shape index (κ2) is 6.48. The molecule has 1 aromatic carbocycles. The van der Waals surface area contributed by atoms with Crippen molar-refractivity contribution in [3.8, 4) is 0 Å². The maximum absolute atomic E-state index is 12.9. The Hall–Kier alpha value is -1.40. The molecule has 1 saturated heterocycles. The van der Waals surface area contributed by atoms with Crippen molar-refractivity contribution in [2.75, 3.05) is 32.4 Å². The molecule has 0 aliphatic carbocycles. The first-order valence-corrected chi connectivity index (χ1v) is 10.1. The first kappa shape index (κ1) is 18.9. The summed E-state index contributed by atoms with van der Waals surface area (Å²) in [5.41, 5.74) is 3.97. The van der Waals surface area contributed by atoms with Crippen molar-refractivity contribution in [3.63, 3.8) is 0 Å². The smallest absolute Gasteiger partial charge is 0.254 e. The van der Waals surface area contributed by atoms with E-state index in [0.717, 1.165) is 16.7 Å². The van der Waals surface area contributed by atoms with Crippen molar-refractivity contribution in [1.82, 2.24) is 9.21 Å². The minimum absolute atomic E-state index is 0.00129. The van der Waals surface area contributed by atoms with Crippen LogP contribution in [0.15, 0.2) is 12.1 Å². The van der Waals surface area contributed by atoms with Gasteiger partial charge in [0.15, 0.2) is 0 Å². The lowest BCUT2D eigenvalue weighted by molar-refractivity contribution is 0.0696. The van der Waals surface area contributed by atoms with Gasteiger partial charge in [0.25, 0.3) is 5.91 Å². The molecule has 134 valence electrons. The average molecular weight is 353 g/mol. The van der Waals surface area contributed by atoms with Gasteiger partial charge in [0.05, 0.1) is 6.26 Å². The summed E-state index contributed by atoms with van der Waals surface area (Å²) in [5.74, 6) is -0.00129. The molecule has 0 N–H and O–H groups in total. The summed E-state index contributed by atoms with van der Waals surface area (Å²) in [5, 5.41) is 0. The molecule has 1 aliphatic rings. The molecule has 0 atom stereocenters. The number of nitrogens with zero attached hydrogens (tertiary/aromatic N) is 2. The molecule has 6 heteroatoms. The number of piperazine rings is 1. The fourth-order valence-electron chi connectivity index (χ4n) is 3.11. The van der Waals surface area contributed by atoms with Crippen LogP contribution in [0.5, 0.6) is 0 Å². The first-order chi connectivity index (χ1) is 10.9. The number of rotatable bonds is 2. The number of carbonyl (C=O) groups excluding carboxylic acids is 1. The van der Waals surface area contributed by atoms with E-state index in [1.807, 2.05) is 13.8 Å². The average Bonchev–Trinajstić information content (AvgIpc) is 2.44. The van der Waals surface area contributed by atoms with Gasteiger partial charge < -0.3 is 4.90 Å². The van der Waals surface area contributed by atoms with Gasteiger partial charge in [-0.25, -0.2) is 8.42 Å². The normalized spacial score (nSPS) is 17.2. The zero-order chi connectivity index (χ0) is 18.3. The molecule has 5 nitrogen and oxygen atoms in total. The summed E-state index contributed by atoms with van der Waals surface area (Å²) in [6, 6.07) is 4.18. The lowest BCUT2D eigenvalue weighted by Gasteiger charge is -2.34. The lowest BCUT2D eigenvalue weighted by atomic mass is 9.83. The van der Waals surface area contributed by atoms with E-state index < -0.39 is 10.0 Å². The van der Waals surface area contributed by atoms with Crippen molar-refractivity contribution >= 4 is 15.9 Å². The molecule has 2 rings (SSSR count). The molecule has 1 heterocycles. The van der Waals surface area contributed by atoms with Crippen LogP contribution >= 0.6 is 0 Å². The minimum atomic E-state index is -3.18. The van der Waals surface area contributed by atoms with E-state index in [9.17, 15) is 13.2 Å². The Morgan fingerprint density at radius 3 is 1.83 bits per heavy atom. The highest BCUT2D eigenvalue weighted by molar-refractivity contribution is 7.88. The summed E-state index contributed by atoms with van der Waals surface area (Å²) in [6.45, 7) is 12.0.